The topological polar surface area (TPSA) is 72.0 Å². The second-order valence-corrected chi connectivity index (χ2v) is 8.06. The molecular formula is C21H20F3N3O4S. The summed E-state index contributed by atoms with van der Waals surface area (Å²) >= 11 is 1.07. The lowest BCUT2D eigenvalue weighted by Gasteiger charge is -2.29. The number of carbonyl (C=O) groups excluding carboxylic acids is 2. The van der Waals surface area contributed by atoms with Crippen molar-refractivity contribution >= 4 is 28.8 Å². The number of thiazole rings is 1. The third-order valence-electron chi connectivity index (χ3n) is 4.82. The number of rotatable bonds is 6. The van der Waals surface area contributed by atoms with Crippen molar-refractivity contribution in [1.29, 1.82) is 0 Å². The van der Waals surface area contributed by atoms with E-state index in [-0.39, 0.29) is 34.1 Å². The maximum absolute atomic E-state index is 13.4. The molecule has 2 aromatic rings. The zero-order valence-corrected chi connectivity index (χ0v) is 18.3. The van der Waals surface area contributed by atoms with E-state index in [0.29, 0.717) is 13.0 Å². The number of amides is 2. The Balaban J connectivity index is 2.10. The van der Waals surface area contributed by atoms with Crippen molar-refractivity contribution in [3.05, 3.63) is 34.3 Å². The molecular weight excluding hydrogens is 447 g/mol. The van der Waals surface area contributed by atoms with Gasteiger partial charge in [0.1, 0.15) is 23.2 Å². The number of hydrogen-bond donors (Lipinski definition) is 0. The number of ether oxygens (including phenoxy) is 2. The zero-order valence-electron chi connectivity index (χ0n) is 17.5. The van der Waals surface area contributed by atoms with Crippen LogP contribution in [-0.2, 0) is 4.79 Å². The molecule has 0 bridgehead atoms. The highest BCUT2D eigenvalue weighted by Crippen LogP contribution is 2.35. The van der Waals surface area contributed by atoms with Crippen LogP contribution in [0.2, 0.25) is 0 Å². The van der Waals surface area contributed by atoms with Crippen LogP contribution in [0.25, 0.3) is 0 Å². The van der Waals surface area contributed by atoms with E-state index < -0.39 is 24.1 Å². The lowest BCUT2D eigenvalue weighted by atomic mass is 10.1. The van der Waals surface area contributed by atoms with E-state index in [1.54, 1.807) is 4.90 Å². The molecule has 1 aromatic carbocycles. The van der Waals surface area contributed by atoms with E-state index in [4.69, 9.17) is 11.2 Å². The first-order valence-corrected chi connectivity index (χ1v) is 10.4. The minimum absolute atomic E-state index is 0.00723. The van der Waals surface area contributed by atoms with Crippen LogP contribution in [0.4, 0.5) is 18.9 Å². The number of aromatic nitrogens is 1. The second kappa shape index (κ2) is 9.08. The third kappa shape index (κ3) is 4.96. The van der Waals surface area contributed by atoms with Gasteiger partial charge in [0.15, 0.2) is 5.01 Å². The molecule has 0 radical (unpaired) electrons. The molecule has 0 spiro atoms. The Hall–Kier alpha value is -3.26. The summed E-state index contributed by atoms with van der Waals surface area (Å²) in [6, 6.07) is 2.39. The molecule has 11 heteroatoms. The Labute approximate surface area is 186 Å². The monoisotopic (exact) mass is 467 g/mol. The fourth-order valence-corrected chi connectivity index (χ4v) is 4.04. The van der Waals surface area contributed by atoms with Crippen LogP contribution in [-0.4, -0.2) is 53.8 Å². The number of carbonyl (C=O) groups is 2. The van der Waals surface area contributed by atoms with Crippen molar-refractivity contribution in [2.45, 2.75) is 38.7 Å². The van der Waals surface area contributed by atoms with Crippen molar-refractivity contribution in [2.24, 2.45) is 0 Å². The molecule has 1 aliphatic rings. The number of anilines is 1. The van der Waals surface area contributed by atoms with Gasteiger partial charge in [0, 0.05) is 36.2 Å². The van der Waals surface area contributed by atoms with Gasteiger partial charge in [-0.2, -0.15) is 0 Å². The van der Waals surface area contributed by atoms with Gasteiger partial charge < -0.3 is 14.4 Å². The van der Waals surface area contributed by atoms with E-state index in [1.807, 2.05) is 13.8 Å². The lowest BCUT2D eigenvalue weighted by Crippen LogP contribution is -2.47. The number of alkyl halides is 3. The number of benzene rings is 1. The SMILES string of the molecule is C#Cc1nc(C(=O)N(c2cc(OC)cc(OC(F)(F)F)c2)[C@@H]2CCN(C(C)C)C2=O)cs1. The smallest absolute Gasteiger partial charge is 0.497 e. The largest absolute Gasteiger partial charge is 0.573 e. The fraction of sp³-hybridized carbons (Fsp3) is 0.381. The quantitative estimate of drug-likeness (QED) is 0.606. The van der Waals surface area contributed by atoms with Gasteiger partial charge in [-0.15, -0.1) is 30.9 Å². The number of nitrogens with zero attached hydrogens (tertiary/aromatic N) is 3. The third-order valence-corrected chi connectivity index (χ3v) is 5.60. The molecule has 1 fully saturated rings. The average Bonchev–Trinajstić information content (AvgIpc) is 3.34. The first-order chi connectivity index (χ1) is 15.0. The van der Waals surface area contributed by atoms with E-state index in [9.17, 15) is 22.8 Å². The standard InChI is InChI=1S/C21H20F3N3O4S/c1-5-18-25-16(11-32-18)19(28)27(17-6-7-26(12(2)3)20(17)29)13-8-14(30-4)10-15(9-13)31-21(22,23)24/h1,8-12,17H,6-7H2,2-4H3/t17-/m1/s1. The van der Waals surface area contributed by atoms with Gasteiger partial charge in [0.25, 0.3) is 5.91 Å². The molecule has 170 valence electrons. The Kier molecular flexibility index (Phi) is 6.64. The van der Waals surface area contributed by atoms with Crippen molar-refractivity contribution in [1.82, 2.24) is 9.88 Å². The lowest BCUT2D eigenvalue weighted by molar-refractivity contribution is -0.274. The van der Waals surface area contributed by atoms with E-state index in [0.717, 1.165) is 28.4 Å². The highest BCUT2D eigenvalue weighted by molar-refractivity contribution is 7.10. The summed E-state index contributed by atoms with van der Waals surface area (Å²) in [7, 11) is 1.27. The average molecular weight is 467 g/mol. The number of methoxy groups -OCH3 is 1. The van der Waals surface area contributed by atoms with Crippen molar-refractivity contribution in [3.8, 4) is 23.8 Å². The number of terminal acetylenes is 1. The van der Waals surface area contributed by atoms with E-state index in [2.05, 4.69) is 15.6 Å². The molecule has 32 heavy (non-hydrogen) atoms. The van der Waals surface area contributed by atoms with Gasteiger partial charge in [0.05, 0.1) is 12.8 Å². The Bertz CT molecular complexity index is 1060. The summed E-state index contributed by atoms with van der Waals surface area (Å²) in [6.45, 7) is 4.08. The maximum atomic E-state index is 13.4. The Morgan fingerprint density at radius 1 is 1.34 bits per heavy atom. The second-order valence-electron chi connectivity index (χ2n) is 7.20. The van der Waals surface area contributed by atoms with Crippen molar-refractivity contribution in [3.63, 3.8) is 0 Å². The van der Waals surface area contributed by atoms with Crippen LogP contribution in [0, 0.1) is 12.3 Å². The predicted octanol–water partition coefficient (Wildman–Crippen LogP) is 3.69. The summed E-state index contributed by atoms with van der Waals surface area (Å²) in [5, 5.41) is 1.71. The van der Waals surface area contributed by atoms with Crippen molar-refractivity contribution < 1.29 is 32.2 Å². The maximum Gasteiger partial charge on any atom is 0.573 e. The molecule has 0 unspecified atom stereocenters. The van der Waals surface area contributed by atoms with Crippen LogP contribution in [0.15, 0.2) is 23.6 Å². The molecule has 3 rings (SSSR count). The van der Waals surface area contributed by atoms with Gasteiger partial charge in [-0.1, -0.05) is 0 Å². The summed E-state index contributed by atoms with van der Waals surface area (Å²) < 4.78 is 47.7. The predicted molar refractivity (Wildman–Crippen MR) is 112 cm³/mol. The van der Waals surface area contributed by atoms with Gasteiger partial charge >= 0.3 is 6.36 Å². The number of halogens is 3. The first kappa shape index (κ1) is 23.4. The molecule has 7 nitrogen and oxygen atoms in total. The zero-order chi connectivity index (χ0) is 23.6. The first-order valence-electron chi connectivity index (χ1n) is 9.55. The number of hydrogen-bond acceptors (Lipinski definition) is 6. The molecule has 0 aliphatic carbocycles. The van der Waals surface area contributed by atoms with Gasteiger partial charge in [-0.05, 0) is 26.2 Å². The summed E-state index contributed by atoms with van der Waals surface area (Å²) in [5.74, 6) is 0.781. The van der Waals surface area contributed by atoms with Crippen LogP contribution in [0.5, 0.6) is 11.5 Å². The van der Waals surface area contributed by atoms with E-state index in [1.165, 1.54) is 18.6 Å². The summed E-state index contributed by atoms with van der Waals surface area (Å²) in [5.41, 5.74) is -0.00679. The normalized spacial score (nSPS) is 16.2. The minimum atomic E-state index is -4.95. The highest BCUT2D eigenvalue weighted by Gasteiger charge is 2.41. The van der Waals surface area contributed by atoms with E-state index >= 15 is 0 Å². The van der Waals surface area contributed by atoms with Crippen LogP contribution < -0.4 is 14.4 Å². The Morgan fingerprint density at radius 2 is 2.03 bits per heavy atom. The minimum Gasteiger partial charge on any atom is -0.497 e. The molecule has 0 saturated carbocycles. The van der Waals surface area contributed by atoms with Gasteiger partial charge in [-0.3, -0.25) is 14.5 Å². The molecule has 1 atom stereocenters. The molecule has 1 aromatic heterocycles. The van der Waals surface area contributed by atoms with Gasteiger partial charge in [0.2, 0.25) is 5.91 Å². The van der Waals surface area contributed by atoms with Crippen LogP contribution in [0.1, 0.15) is 35.8 Å². The fourth-order valence-electron chi connectivity index (χ4n) is 3.45. The number of likely N-dealkylation sites (tertiary alicyclic amines) is 1. The molecule has 0 N–H and O–H groups in total. The van der Waals surface area contributed by atoms with Gasteiger partial charge in [-0.25, -0.2) is 4.98 Å². The molecule has 1 aliphatic heterocycles. The molecule has 2 amide bonds. The molecule has 2 heterocycles. The molecule has 1 saturated heterocycles. The van der Waals surface area contributed by atoms with Crippen LogP contribution >= 0.6 is 11.3 Å². The highest BCUT2D eigenvalue weighted by atomic mass is 32.1. The van der Waals surface area contributed by atoms with Crippen LogP contribution in [0.3, 0.4) is 0 Å². The Morgan fingerprint density at radius 3 is 2.56 bits per heavy atom. The summed E-state index contributed by atoms with van der Waals surface area (Å²) in [4.78, 5) is 33.3. The summed E-state index contributed by atoms with van der Waals surface area (Å²) in [6.07, 6.45) is 0.677. The van der Waals surface area contributed by atoms with Crippen molar-refractivity contribution in [2.75, 3.05) is 18.6 Å².